The SMILES string of the molecule is N=C(N)c1ccc(CNC(=O)c2cc(Cl)cc(-c3ccccn3)c2)c(OCC(N)=O)c1. The van der Waals surface area contributed by atoms with E-state index < -0.39 is 5.91 Å². The summed E-state index contributed by atoms with van der Waals surface area (Å²) in [5.41, 5.74) is 13.4. The molecular formula is C22H20ClN5O3. The lowest BCUT2D eigenvalue weighted by Gasteiger charge is -2.13. The summed E-state index contributed by atoms with van der Waals surface area (Å²) in [5.74, 6) is -0.854. The fourth-order valence-electron chi connectivity index (χ4n) is 2.83. The third-order valence-electron chi connectivity index (χ3n) is 4.31. The van der Waals surface area contributed by atoms with Crippen LogP contribution in [0.3, 0.4) is 0 Å². The molecule has 1 heterocycles. The third-order valence-corrected chi connectivity index (χ3v) is 4.53. The average Bonchev–Trinajstić information content (AvgIpc) is 2.76. The number of halogens is 1. The Morgan fingerprint density at radius 1 is 1.06 bits per heavy atom. The van der Waals surface area contributed by atoms with E-state index in [2.05, 4.69) is 10.3 Å². The van der Waals surface area contributed by atoms with Crippen molar-refractivity contribution in [2.24, 2.45) is 11.5 Å². The first-order chi connectivity index (χ1) is 14.8. The smallest absolute Gasteiger partial charge is 0.255 e. The largest absolute Gasteiger partial charge is 0.483 e. The molecule has 0 aliphatic rings. The van der Waals surface area contributed by atoms with E-state index in [1.165, 1.54) is 6.07 Å². The minimum atomic E-state index is -0.649. The first-order valence-electron chi connectivity index (χ1n) is 9.22. The first kappa shape index (κ1) is 21.8. The number of hydrogen-bond acceptors (Lipinski definition) is 5. The Balaban J connectivity index is 1.79. The predicted octanol–water partition coefficient (Wildman–Crippen LogP) is 2.48. The van der Waals surface area contributed by atoms with Gasteiger partial charge in [-0.05, 0) is 36.4 Å². The van der Waals surface area contributed by atoms with Crippen molar-refractivity contribution in [1.82, 2.24) is 10.3 Å². The number of nitrogens with zero attached hydrogens (tertiary/aromatic N) is 1. The van der Waals surface area contributed by atoms with Crippen LogP contribution in [-0.2, 0) is 11.3 Å². The number of amides is 2. The zero-order valence-corrected chi connectivity index (χ0v) is 17.1. The Morgan fingerprint density at radius 3 is 2.55 bits per heavy atom. The lowest BCUT2D eigenvalue weighted by molar-refractivity contribution is -0.119. The second-order valence-corrected chi connectivity index (χ2v) is 7.05. The number of nitrogen functional groups attached to an aromatic ring is 1. The average molecular weight is 438 g/mol. The highest BCUT2D eigenvalue weighted by Crippen LogP contribution is 2.24. The minimum Gasteiger partial charge on any atom is -0.483 e. The Bertz CT molecular complexity index is 1140. The van der Waals surface area contributed by atoms with Crippen molar-refractivity contribution in [1.29, 1.82) is 5.41 Å². The van der Waals surface area contributed by atoms with Crippen molar-refractivity contribution in [2.45, 2.75) is 6.54 Å². The van der Waals surface area contributed by atoms with Crippen LogP contribution in [0.25, 0.3) is 11.3 Å². The van der Waals surface area contributed by atoms with Gasteiger partial charge in [-0.15, -0.1) is 0 Å². The number of amidine groups is 1. The second kappa shape index (κ2) is 9.73. The number of carbonyl (C=O) groups excluding carboxylic acids is 2. The maximum Gasteiger partial charge on any atom is 0.255 e. The van der Waals surface area contributed by atoms with E-state index in [1.807, 2.05) is 12.1 Å². The molecule has 3 aromatic rings. The van der Waals surface area contributed by atoms with Gasteiger partial charge in [-0.25, -0.2) is 0 Å². The molecule has 0 radical (unpaired) electrons. The van der Waals surface area contributed by atoms with Crippen LogP contribution in [0.2, 0.25) is 5.02 Å². The Labute approximate surface area is 183 Å². The van der Waals surface area contributed by atoms with E-state index in [-0.39, 0.29) is 24.9 Å². The molecule has 1 aromatic heterocycles. The molecule has 0 unspecified atom stereocenters. The lowest BCUT2D eigenvalue weighted by atomic mass is 10.1. The van der Waals surface area contributed by atoms with Crippen molar-refractivity contribution in [2.75, 3.05) is 6.61 Å². The molecule has 0 fully saturated rings. The summed E-state index contributed by atoms with van der Waals surface area (Å²) in [7, 11) is 0. The van der Waals surface area contributed by atoms with Crippen molar-refractivity contribution >= 4 is 29.3 Å². The molecule has 158 valence electrons. The van der Waals surface area contributed by atoms with Crippen LogP contribution in [0.4, 0.5) is 0 Å². The van der Waals surface area contributed by atoms with E-state index in [9.17, 15) is 9.59 Å². The van der Waals surface area contributed by atoms with Crippen LogP contribution in [0.1, 0.15) is 21.5 Å². The third kappa shape index (κ3) is 5.80. The van der Waals surface area contributed by atoms with Crippen LogP contribution in [-0.4, -0.2) is 29.2 Å². The van der Waals surface area contributed by atoms with Gasteiger partial charge in [0.15, 0.2) is 6.61 Å². The van der Waals surface area contributed by atoms with Crippen LogP contribution in [0, 0.1) is 5.41 Å². The molecule has 2 aromatic carbocycles. The molecule has 0 bridgehead atoms. The van der Waals surface area contributed by atoms with Gasteiger partial charge in [0, 0.05) is 40.0 Å². The molecule has 2 amide bonds. The number of rotatable bonds is 8. The van der Waals surface area contributed by atoms with Gasteiger partial charge in [0.25, 0.3) is 11.8 Å². The number of ether oxygens (including phenoxy) is 1. The van der Waals surface area contributed by atoms with Gasteiger partial charge in [0.2, 0.25) is 0 Å². The molecule has 8 nitrogen and oxygen atoms in total. The first-order valence-corrected chi connectivity index (χ1v) is 9.60. The monoisotopic (exact) mass is 437 g/mol. The number of nitrogens with one attached hydrogen (secondary N) is 2. The van der Waals surface area contributed by atoms with Crippen LogP contribution in [0.15, 0.2) is 60.8 Å². The van der Waals surface area contributed by atoms with E-state index >= 15 is 0 Å². The highest BCUT2D eigenvalue weighted by Gasteiger charge is 2.13. The number of primary amides is 1. The highest BCUT2D eigenvalue weighted by atomic mass is 35.5. The van der Waals surface area contributed by atoms with Crippen LogP contribution >= 0.6 is 11.6 Å². The molecule has 0 saturated carbocycles. The quantitative estimate of drug-likeness (QED) is 0.316. The van der Waals surface area contributed by atoms with Crippen molar-refractivity contribution in [3.8, 4) is 17.0 Å². The topological polar surface area (TPSA) is 144 Å². The fourth-order valence-corrected chi connectivity index (χ4v) is 3.07. The highest BCUT2D eigenvalue weighted by molar-refractivity contribution is 6.31. The number of pyridine rings is 1. The molecule has 0 saturated heterocycles. The van der Waals surface area contributed by atoms with Gasteiger partial charge >= 0.3 is 0 Å². The number of aromatic nitrogens is 1. The fraction of sp³-hybridized carbons (Fsp3) is 0.0909. The van der Waals surface area contributed by atoms with Gasteiger partial charge in [-0.1, -0.05) is 29.8 Å². The Hall–Kier alpha value is -3.91. The maximum atomic E-state index is 12.7. The molecule has 9 heteroatoms. The molecule has 0 atom stereocenters. The summed E-state index contributed by atoms with van der Waals surface area (Å²) < 4.78 is 5.42. The lowest BCUT2D eigenvalue weighted by Crippen LogP contribution is -2.24. The Morgan fingerprint density at radius 2 is 1.87 bits per heavy atom. The normalized spacial score (nSPS) is 10.4. The zero-order valence-electron chi connectivity index (χ0n) is 16.4. The van der Waals surface area contributed by atoms with Crippen LogP contribution in [0.5, 0.6) is 5.75 Å². The number of carbonyl (C=O) groups is 2. The summed E-state index contributed by atoms with van der Waals surface area (Å²) in [4.78, 5) is 28.1. The molecule has 6 N–H and O–H groups in total. The van der Waals surface area contributed by atoms with Crippen molar-refractivity contribution in [3.05, 3.63) is 82.5 Å². The van der Waals surface area contributed by atoms with Gasteiger partial charge in [-0.2, -0.15) is 0 Å². The van der Waals surface area contributed by atoms with E-state index in [0.29, 0.717) is 33.2 Å². The maximum absolute atomic E-state index is 12.7. The van der Waals surface area contributed by atoms with Crippen molar-refractivity contribution < 1.29 is 14.3 Å². The van der Waals surface area contributed by atoms with E-state index in [4.69, 9.17) is 33.2 Å². The molecule has 3 rings (SSSR count). The number of hydrogen-bond donors (Lipinski definition) is 4. The number of nitrogens with two attached hydrogens (primary N) is 2. The predicted molar refractivity (Wildman–Crippen MR) is 118 cm³/mol. The summed E-state index contributed by atoms with van der Waals surface area (Å²) in [6.45, 7) is -0.236. The van der Waals surface area contributed by atoms with E-state index in [1.54, 1.807) is 42.6 Å². The van der Waals surface area contributed by atoms with Crippen LogP contribution < -0.4 is 21.5 Å². The van der Waals surface area contributed by atoms with Gasteiger partial charge in [-0.3, -0.25) is 20.0 Å². The summed E-state index contributed by atoms with van der Waals surface area (Å²) in [6, 6.07) is 15.3. The number of benzene rings is 2. The summed E-state index contributed by atoms with van der Waals surface area (Å²) >= 11 is 6.20. The van der Waals surface area contributed by atoms with Gasteiger partial charge < -0.3 is 21.5 Å². The molecule has 0 aliphatic carbocycles. The molecule has 0 aliphatic heterocycles. The summed E-state index contributed by atoms with van der Waals surface area (Å²) in [5, 5.41) is 10.8. The van der Waals surface area contributed by atoms with Gasteiger partial charge in [0.05, 0.1) is 5.69 Å². The van der Waals surface area contributed by atoms with E-state index in [0.717, 1.165) is 5.56 Å². The standard InChI is InChI=1S/C22H20ClN5O3/c23-17-8-15(18-3-1-2-6-27-18)7-16(9-17)22(30)28-11-14-5-4-13(21(25)26)10-19(14)31-12-20(24)29/h1-10H,11-12H2,(H2,24,29)(H3,25,26)(H,28,30). The molecule has 0 spiro atoms. The summed E-state index contributed by atoms with van der Waals surface area (Å²) in [6.07, 6.45) is 1.66. The minimum absolute atomic E-state index is 0.108. The second-order valence-electron chi connectivity index (χ2n) is 6.62. The molecule has 31 heavy (non-hydrogen) atoms. The Kier molecular flexibility index (Phi) is 6.84. The molecular weight excluding hydrogens is 418 g/mol. The van der Waals surface area contributed by atoms with Gasteiger partial charge in [0.1, 0.15) is 11.6 Å². The zero-order chi connectivity index (χ0) is 22.4. The van der Waals surface area contributed by atoms with Crippen molar-refractivity contribution in [3.63, 3.8) is 0 Å².